The number of hydrogen-bond acceptors (Lipinski definition) is 3. The van der Waals surface area contributed by atoms with Gasteiger partial charge in [0.2, 0.25) is 5.91 Å². The number of benzene rings is 1. The summed E-state index contributed by atoms with van der Waals surface area (Å²) in [7, 11) is 0. The van der Waals surface area contributed by atoms with Crippen LogP contribution in [0.1, 0.15) is 30.5 Å². The molecular formula is C13H17NO3. The topological polar surface area (TPSA) is 55.4 Å². The van der Waals surface area contributed by atoms with Crippen LogP contribution < -0.4 is 10.1 Å². The van der Waals surface area contributed by atoms with Gasteiger partial charge in [0.25, 0.3) is 0 Å². The lowest BCUT2D eigenvalue weighted by molar-refractivity contribution is -0.132. The summed E-state index contributed by atoms with van der Waals surface area (Å²) < 4.78 is 5.16. The molecule has 0 atom stereocenters. The lowest BCUT2D eigenvalue weighted by atomic mass is 10.0. The van der Waals surface area contributed by atoms with Crippen LogP contribution >= 0.6 is 0 Å². The van der Waals surface area contributed by atoms with Crippen LogP contribution in [-0.2, 0) is 9.59 Å². The van der Waals surface area contributed by atoms with E-state index in [4.69, 9.17) is 4.74 Å². The molecule has 0 aliphatic rings. The maximum atomic E-state index is 11.1. The van der Waals surface area contributed by atoms with Gasteiger partial charge in [0, 0.05) is 19.5 Å². The van der Waals surface area contributed by atoms with E-state index in [-0.39, 0.29) is 11.9 Å². The van der Waals surface area contributed by atoms with Crippen molar-refractivity contribution < 1.29 is 14.3 Å². The Morgan fingerprint density at radius 3 is 2.18 bits per heavy atom. The van der Waals surface area contributed by atoms with Gasteiger partial charge in [-0.3, -0.25) is 9.59 Å². The molecule has 1 aromatic carbocycles. The van der Waals surface area contributed by atoms with Crippen molar-refractivity contribution in [1.29, 1.82) is 0 Å². The molecule has 0 aliphatic heterocycles. The van der Waals surface area contributed by atoms with Crippen LogP contribution in [0, 0.1) is 20.8 Å². The summed E-state index contributed by atoms with van der Waals surface area (Å²) in [5, 5.41) is 2.76. The Hall–Kier alpha value is -1.84. The number of rotatable bonds is 2. The van der Waals surface area contributed by atoms with Crippen LogP contribution in [0.15, 0.2) is 6.07 Å². The highest BCUT2D eigenvalue weighted by atomic mass is 16.5. The van der Waals surface area contributed by atoms with Gasteiger partial charge in [-0.25, -0.2) is 0 Å². The smallest absolute Gasteiger partial charge is 0.308 e. The first-order valence-electron chi connectivity index (χ1n) is 5.39. The molecule has 0 heterocycles. The van der Waals surface area contributed by atoms with E-state index in [9.17, 15) is 9.59 Å². The molecule has 0 spiro atoms. The summed E-state index contributed by atoms with van der Waals surface area (Å²) in [5.74, 6) is 0.110. The molecule has 4 nitrogen and oxygen atoms in total. The van der Waals surface area contributed by atoms with Crippen molar-refractivity contribution in [3.63, 3.8) is 0 Å². The number of anilines is 1. The third-order valence-electron chi connectivity index (χ3n) is 2.58. The molecule has 0 radical (unpaired) electrons. The van der Waals surface area contributed by atoms with Gasteiger partial charge in [-0.05, 0) is 43.5 Å². The summed E-state index contributed by atoms with van der Waals surface area (Å²) in [6.07, 6.45) is 0. The Labute approximate surface area is 101 Å². The van der Waals surface area contributed by atoms with E-state index in [1.54, 1.807) is 0 Å². The molecule has 0 aliphatic carbocycles. The van der Waals surface area contributed by atoms with E-state index in [1.165, 1.54) is 13.8 Å². The van der Waals surface area contributed by atoms with E-state index in [2.05, 4.69) is 5.32 Å². The Kier molecular flexibility index (Phi) is 3.89. The Morgan fingerprint density at radius 1 is 1.12 bits per heavy atom. The number of carbonyl (C=O) groups excluding carboxylic acids is 2. The molecule has 1 rings (SSSR count). The fourth-order valence-electron chi connectivity index (χ4n) is 1.68. The number of esters is 1. The third-order valence-corrected chi connectivity index (χ3v) is 2.58. The largest absolute Gasteiger partial charge is 0.426 e. The second kappa shape index (κ2) is 4.99. The fraction of sp³-hybridized carbons (Fsp3) is 0.385. The number of nitrogens with one attached hydrogen (secondary N) is 1. The van der Waals surface area contributed by atoms with Gasteiger partial charge in [0.05, 0.1) is 0 Å². The van der Waals surface area contributed by atoms with E-state index < -0.39 is 0 Å². The summed E-state index contributed by atoms with van der Waals surface area (Å²) in [6.45, 7) is 8.43. The average Bonchev–Trinajstić information content (AvgIpc) is 2.20. The predicted molar refractivity (Wildman–Crippen MR) is 66.3 cm³/mol. The van der Waals surface area contributed by atoms with Gasteiger partial charge < -0.3 is 10.1 Å². The highest BCUT2D eigenvalue weighted by molar-refractivity contribution is 5.90. The maximum Gasteiger partial charge on any atom is 0.308 e. The normalized spacial score (nSPS) is 9.94. The van der Waals surface area contributed by atoms with Crippen LogP contribution in [0.3, 0.4) is 0 Å². The predicted octanol–water partition coefficient (Wildman–Crippen LogP) is 2.50. The molecule has 1 N–H and O–H groups in total. The minimum atomic E-state index is -0.345. The molecule has 4 heteroatoms. The lowest BCUT2D eigenvalue weighted by Gasteiger charge is -2.15. The molecule has 0 aromatic heterocycles. The number of hydrogen-bond donors (Lipinski definition) is 1. The third kappa shape index (κ3) is 3.06. The Bertz CT molecular complexity index is 478. The van der Waals surface area contributed by atoms with Crippen molar-refractivity contribution in [2.45, 2.75) is 34.6 Å². The highest BCUT2D eigenvalue weighted by Crippen LogP contribution is 2.31. The molecule has 0 fully saturated rings. The zero-order chi connectivity index (χ0) is 13.2. The van der Waals surface area contributed by atoms with Crippen molar-refractivity contribution in [2.24, 2.45) is 0 Å². The second-order valence-corrected chi connectivity index (χ2v) is 4.09. The first-order chi connectivity index (χ1) is 7.82. The van der Waals surface area contributed by atoms with Crippen LogP contribution in [-0.4, -0.2) is 11.9 Å². The van der Waals surface area contributed by atoms with Gasteiger partial charge in [-0.2, -0.15) is 0 Å². The van der Waals surface area contributed by atoms with Crippen LogP contribution in [0.5, 0.6) is 5.75 Å². The molecule has 0 saturated heterocycles. The maximum absolute atomic E-state index is 11.1. The van der Waals surface area contributed by atoms with Gasteiger partial charge in [0.1, 0.15) is 5.75 Å². The average molecular weight is 235 g/mol. The zero-order valence-corrected chi connectivity index (χ0v) is 10.8. The minimum absolute atomic E-state index is 0.118. The van der Waals surface area contributed by atoms with Crippen LogP contribution in [0.4, 0.5) is 5.69 Å². The minimum Gasteiger partial charge on any atom is -0.426 e. The molecule has 0 bridgehead atoms. The van der Waals surface area contributed by atoms with Gasteiger partial charge >= 0.3 is 5.97 Å². The SMILES string of the molecule is CC(=O)Nc1cc(C)c(OC(C)=O)c(C)c1C. The van der Waals surface area contributed by atoms with Crippen molar-refractivity contribution in [3.05, 3.63) is 22.8 Å². The van der Waals surface area contributed by atoms with Crippen molar-refractivity contribution in [1.82, 2.24) is 0 Å². The van der Waals surface area contributed by atoms with Crippen molar-refractivity contribution >= 4 is 17.6 Å². The summed E-state index contributed by atoms with van der Waals surface area (Å²) in [6, 6.07) is 1.81. The van der Waals surface area contributed by atoms with E-state index in [0.717, 1.165) is 22.4 Å². The Morgan fingerprint density at radius 2 is 1.71 bits per heavy atom. The quantitative estimate of drug-likeness (QED) is 0.633. The Balaban J connectivity index is 3.25. The summed E-state index contributed by atoms with van der Waals surface area (Å²) in [5.41, 5.74) is 3.35. The first-order valence-corrected chi connectivity index (χ1v) is 5.39. The summed E-state index contributed by atoms with van der Waals surface area (Å²) in [4.78, 5) is 22.1. The zero-order valence-electron chi connectivity index (χ0n) is 10.8. The van der Waals surface area contributed by atoms with Crippen molar-refractivity contribution in [2.75, 3.05) is 5.32 Å². The van der Waals surface area contributed by atoms with Gasteiger partial charge in [-0.1, -0.05) is 0 Å². The number of amides is 1. The van der Waals surface area contributed by atoms with E-state index in [1.807, 2.05) is 26.8 Å². The van der Waals surface area contributed by atoms with Gasteiger partial charge in [-0.15, -0.1) is 0 Å². The molecule has 17 heavy (non-hydrogen) atoms. The number of carbonyl (C=O) groups is 2. The molecule has 92 valence electrons. The first kappa shape index (κ1) is 13.2. The molecule has 0 saturated carbocycles. The second-order valence-electron chi connectivity index (χ2n) is 4.09. The standard InChI is InChI=1S/C13H17NO3/c1-7-6-12(14-10(4)15)8(2)9(3)13(7)17-11(5)16/h6H,1-5H3,(H,14,15). The van der Waals surface area contributed by atoms with E-state index in [0.29, 0.717) is 5.75 Å². The molecule has 0 unspecified atom stereocenters. The lowest BCUT2D eigenvalue weighted by Crippen LogP contribution is -2.10. The van der Waals surface area contributed by atoms with Crippen LogP contribution in [0.2, 0.25) is 0 Å². The summed E-state index contributed by atoms with van der Waals surface area (Å²) >= 11 is 0. The van der Waals surface area contributed by atoms with Gasteiger partial charge in [0.15, 0.2) is 0 Å². The number of ether oxygens (including phenoxy) is 1. The molecular weight excluding hydrogens is 218 g/mol. The molecule has 1 aromatic rings. The fourth-order valence-corrected chi connectivity index (χ4v) is 1.68. The van der Waals surface area contributed by atoms with E-state index >= 15 is 0 Å². The highest BCUT2D eigenvalue weighted by Gasteiger charge is 2.13. The van der Waals surface area contributed by atoms with Crippen molar-refractivity contribution in [3.8, 4) is 5.75 Å². The monoisotopic (exact) mass is 235 g/mol. The number of aryl methyl sites for hydroxylation is 1. The molecule has 1 amide bonds. The van der Waals surface area contributed by atoms with Crippen LogP contribution in [0.25, 0.3) is 0 Å².